The van der Waals surface area contributed by atoms with Crippen molar-refractivity contribution in [2.75, 3.05) is 19.7 Å². The van der Waals surface area contributed by atoms with Gasteiger partial charge in [-0.1, -0.05) is 13.8 Å². The van der Waals surface area contributed by atoms with Crippen LogP contribution in [0.4, 0.5) is 0 Å². The van der Waals surface area contributed by atoms with E-state index in [4.69, 9.17) is 9.47 Å². The Morgan fingerprint density at radius 3 is 2.35 bits per heavy atom. The fourth-order valence-corrected chi connectivity index (χ4v) is 1.46. The van der Waals surface area contributed by atoms with Crippen LogP contribution in [0, 0.1) is 0 Å². The quantitative estimate of drug-likeness (QED) is 0.754. The average Bonchev–Trinajstić information content (AvgIpc) is 2.35. The predicted molar refractivity (Wildman–Crippen MR) is 70.9 cm³/mol. The van der Waals surface area contributed by atoms with E-state index in [1.165, 1.54) is 0 Å². The molecule has 0 radical (unpaired) electrons. The molecule has 1 aromatic rings. The molecule has 0 saturated heterocycles. The topological polar surface area (TPSA) is 30.5 Å². The van der Waals surface area contributed by atoms with Crippen molar-refractivity contribution < 1.29 is 9.47 Å². The monoisotopic (exact) mass is 237 g/mol. The lowest BCUT2D eigenvalue weighted by molar-refractivity contribution is 0.218. The molecule has 0 spiro atoms. The molecular formula is C14H23NO2. The van der Waals surface area contributed by atoms with Gasteiger partial charge in [0.1, 0.15) is 17.6 Å². The van der Waals surface area contributed by atoms with Gasteiger partial charge >= 0.3 is 0 Å². The molecule has 96 valence electrons. The second kappa shape index (κ2) is 7.96. The molecule has 1 unspecified atom stereocenters. The van der Waals surface area contributed by atoms with Gasteiger partial charge in [0, 0.05) is 6.54 Å². The summed E-state index contributed by atoms with van der Waals surface area (Å²) in [5, 5.41) is 3.26. The van der Waals surface area contributed by atoms with Crippen LogP contribution in [0.15, 0.2) is 24.3 Å². The first kappa shape index (κ1) is 13.8. The summed E-state index contributed by atoms with van der Waals surface area (Å²) in [5.74, 6) is 1.79. The number of hydrogen-bond acceptors (Lipinski definition) is 3. The van der Waals surface area contributed by atoms with Crippen molar-refractivity contribution >= 4 is 0 Å². The molecule has 17 heavy (non-hydrogen) atoms. The Morgan fingerprint density at radius 1 is 1.12 bits per heavy atom. The normalized spacial score (nSPS) is 12.2. The SMILES string of the molecule is CCCOc1ccc(OC(C)CNCC)cc1. The molecule has 3 heteroatoms. The fourth-order valence-electron chi connectivity index (χ4n) is 1.46. The van der Waals surface area contributed by atoms with Crippen molar-refractivity contribution in [3.8, 4) is 11.5 Å². The highest BCUT2D eigenvalue weighted by Crippen LogP contribution is 2.18. The van der Waals surface area contributed by atoms with Gasteiger partial charge in [-0.05, 0) is 44.2 Å². The Balaban J connectivity index is 2.39. The maximum absolute atomic E-state index is 5.76. The Kier molecular flexibility index (Phi) is 6.48. The first-order chi connectivity index (χ1) is 8.26. The van der Waals surface area contributed by atoms with Crippen LogP contribution in [-0.2, 0) is 0 Å². The van der Waals surface area contributed by atoms with Gasteiger partial charge in [-0.15, -0.1) is 0 Å². The van der Waals surface area contributed by atoms with E-state index >= 15 is 0 Å². The summed E-state index contributed by atoms with van der Waals surface area (Å²) in [7, 11) is 0. The Bertz CT molecular complexity index is 298. The third kappa shape index (κ3) is 5.59. The fraction of sp³-hybridized carbons (Fsp3) is 0.571. The van der Waals surface area contributed by atoms with E-state index in [2.05, 4.69) is 26.1 Å². The first-order valence-electron chi connectivity index (χ1n) is 6.36. The summed E-state index contributed by atoms with van der Waals surface area (Å²) in [6.07, 6.45) is 1.20. The minimum atomic E-state index is 0.178. The van der Waals surface area contributed by atoms with Crippen LogP contribution in [0.25, 0.3) is 0 Å². The van der Waals surface area contributed by atoms with Crippen molar-refractivity contribution in [2.45, 2.75) is 33.3 Å². The van der Waals surface area contributed by atoms with E-state index in [-0.39, 0.29) is 6.10 Å². The van der Waals surface area contributed by atoms with Gasteiger partial charge in [-0.3, -0.25) is 0 Å². The zero-order chi connectivity index (χ0) is 12.5. The standard InChI is InChI=1S/C14H23NO2/c1-4-10-16-13-6-8-14(9-7-13)17-12(3)11-15-5-2/h6-9,12,15H,4-5,10-11H2,1-3H3. The molecule has 0 saturated carbocycles. The van der Waals surface area contributed by atoms with Crippen molar-refractivity contribution in [3.63, 3.8) is 0 Å². The molecule has 0 heterocycles. The van der Waals surface area contributed by atoms with E-state index in [1.807, 2.05) is 24.3 Å². The maximum Gasteiger partial charge on any atom is 0.120 e. The van der Waals surface area contributed by atoms with Gasteiger partial charge in [0.2, 0.25) is 0 Å². The molecule has 0 aromatic heterocycles. The Morgan fingerprint density at radius 2 is 1.76 bits per heavy atom. The highest BCUT2D eigenvalue weighted by molar-refractivity contribution is 5.31. The molecular weight excluding hydrogens is 214 g/mol. The maximum atomic E-state index is 5.76. The summed E-state index contributed by atoms with van der Waals surface area (Å²) in [4.78, 5) is 0. The molecule has 3 nitrogen and oxygen atoms in total. The van der Waals surface area contributed by atoms with Crippen LogP contribution < -0.4 is 14.8 Å². The highest BCUT2D eigenvalue weighted by Gasteiger charge is 2.03. The van der Waals surface area contributed by atoms with Gasteiger partial charge < -0.3 is 14.8 Å². The third-order valence-corrected chi connectivity index (χ3v) is 2.32. The largest absolute Gasteiger partial charge is 0.494 e. The summed E-state index contributed by atoms with van der Waals surface area (Å²) in [5.41, 5.74) is 0. The summed E-state index contributed by atoms with van der Waals surface area (Å²) in [6.45, 7) is 8.84. The Hall–Kier alpha value is -1.22. The molecule has 0 amide bonds. The molecule has 0 bridgehead atoms. The van der Waals surface area contributed by atoms with Crippen molar-refractivity contribution in [3.05, 3.63) is 24.3 Å². The van der Waals surface area contributed by atoms with Crippen LogP contribution in [0.3, 0.4) is 0 Å². The molecule has 1 N–H and O–H groups in total. The highest BCUT2D eigenvalue weighted by atomic mass is 16.5. The minimum Gasteiger partial charge on any atom is -0.494 e. The van der Waals surface area contributed by atoms with Crippen LogP contribution in [0.5, 0.6) is 11.5 Å². The van der Waals surface area contributed by atoms with Crippen LogP contribution in [0.2, 0.25) is 0 Å². The van der Waals surface area contributed by atoms with Crippen molar-refractivity contribution in [1.82, 2.24) is 5.32 Å². The van der Waals surface area contributed by atoms with Gasteiger partial charge in [-0.2, -0.15) is 0 Å². The molecule has 1 aromatic carbocycles. The minimum absolute atomic E-state index is 0.178. The summed E-state index contributed by atoms with van der Waals surface area (Å²) < 4.78 is 11.3. The van der Waals surface area contributed by atoms with Gasteiger partial charge in [0.15, 0.2) is 0 Å². The third-order valence-electron chi connectivity index (χ3n) is 2.32. The van der Waals surface area contributed by atoms with E-state index in [9.17, 15) is 0 Å². The van der Waals surface area contributed by atoms with Crippen LogP contribution >= 0.6 is 0 Å². The number of ether oxygens (including phenoxy) is 2. The van der Waals surface area contributed by atoms with E-state index in [0.717, 1.165) is 37.6 Å². The molecule has 0 fully saturated rings. The number of likely N-dealkylation sites (N-methyl/N-ethyl adjacent to an activating group) is 1. The second-order valence-electron chi connectivity index (χ2n) is 4.06. The zero-order valence-corrected chi connectivity index (χ0v) is 11.0. The lowest BCUT2D eigenvalue weighted by atomic mass is 10.3. The molecule has 0 aliphatic rings. The average molecular weight is 237 g/mol. The Labute approximate surface area is 104 Å². The second-order valence-corrected chi connectivity index (χ2v) is 4.06. The number of rotatable bonds is 8. The van der Waals surface area contributed by atoms with Crippen LogP contribution in [-0.4, -0.2) is 25.8 Å². The smallest absolute Gasteiger partial charge is 0.120 e. The number of hydrogen-bond donors (Lipinski definition) is 1. The van der Waals surface area contributed by atoms with Crippen molar-refractivity contribution in [1.29, 1.82) is 0 Å². The molecule has 0 aliphatic heterocycles. The molecule has 0 aliphatic carbocycles. The summed E-state index contributed by atoms with van der Waals surface area (Å²) in [6, 6.07) is 7.80. The molecule has 1 rings (SSSR count). The number of benzene rings is 1. The number of nitrogens with one attached hydrogen (secondary N) is 1. The first-order valence-corrected chi connectivity index (χ1v) is 6.36. The van der Waals surface area contributed by atoms with E-state index < -0.39 is 0 Å². The lowest BCUT2D eigenvalue weighted by Crippen LogP contribution is -2.28. The van der Waals surface area contributed by atoms with E-state index in [0.29, 0.717) is 0 Å². The van der Waals surface area contributed by atoms with Crippen molar-refractivity contribution in [2.24, 2.45) is 0 Å². The van der Waals surface area contributed by atoms with Gasteiger partial charge in [0.25, 0.3) is 0 Å². The van der Waals surface area contributed by atoms with Gasteiger partial charge in [-0.25, -0.2) is 0 Å². The molecule has 1 atom stereocenters. The van der Waals surface area contributed by atoms with Crippen LogP contribution in [0.1, 0.15) is 27.2 Å². The summed E-state index contributed by atoms with van der Waals surface area (Å²) >= 11 is 0. The lowest BCUT2D eigenvalue weighted by Gasteiger charge is -2.15. The van der Waals surface area contributed by atoms with Gasteiger partial charge in [0.05, 0.1) is 6.61 Å². The van der Waals surface area contributed by atoms with E-state index in [1.54, 1.807) is 0 Å². The predicted octanol–water partition coefficient (Wildman–Crippen LogP) is 2.85. The zero-order valence-electron chi connectivity index (χ0n) is 11.0.